The molecule has 8 nitrogen and oxygen atoms in total. The van der Waals surface area contributed by atoms with Gasteiger partial charge in [0.15, 0.2) is 11.3 Å². The summed E-state index contributed by atoms with van der Waals surface area (Å²) < 4.78 is 5.44. The van der Waals surface area contributed by atoms with E-state index in [1.54, 1.807) is 12.1 Å². The maximum Gasteiger partial charge on any atom is 0.329 e. The first-order chi connectivity index (χ1) is 15.7. The number of ether oxygens (including phenoxy) is 1. The number of esters is 1. The smallest absolute Gasteiger partial charge is 0.329 e. The Balaban J connectivity index is 1.26. The highest BCUT2D eigenvalue weighted by Gasteiger charge is 2.57. The van der Waals surface area contributed by atoms with Crippen molar-refractivity contribution in [3.05, 3.63) is 23.5 Å². The zero-order valence-corrected chi connectivity index (χ0v) is 19.5. The van der Waals surface area contributed by atoms with Gasteiger partial charge < -0.3 is 20.1 Å². The highest BCUT2D eigenvalue weighted by atomic mass is 35.5. The Labute approximate surface area is 198 Å². The minimum absolute atomic E-state index is 0.0145. The van der Waals surface area contributed by atoms with Crippen LogP contribution in [0.5, 0.6) is 0 Å². The molecule has 1 aromatic heterocycles. The predicted molar refractivity (Wildman–Crippen MR) is 120 cm³/mol. The van der Waals surface area contributed by atoms with Crippen LogP contribution in [0, 0.1) is 23.2 Å². The number of β-amino-alcohol motifs (C(OH)–C–C–N with tert-alkyl or cyclic N) is 1. The van der Waals surface area contributed by atoms with Crippen molar-refractivity contribution in [3.8, 4) is 0 Å². The number of aromatic nitrogens is 1. The number of aliphatic hydroxyl groups is 1. The van der Waals surface area contributed by atoms with Crippen LogP contribution in [0.3, 0.4) is 0 Å². The number of hydrogen-bond acceptors (Lipinski definition) is 6. The molecule has 4 bridgehead atoms. The number of rotatable bonds is 5. The standard InChI is InChI=1S/C24H30ClN3O5/c1-13(21(30)27-18-3-2-4-26-20(18)25)33-22(31)19-8-17(29)12-28(19)23(32)24-9-14-5-15(10-24)7-16(6-14)11-24/h2-4,13-17,19,29H,5-12H2,1H3,(H,27,30)/t13?,14?,15?,16?,17?,19-,24?/m0/s1. The van der Waals surface area contributed by atoms with Crippen molar-refractivity contribution in [2.45, 2.75) is 70.1 Å². The Morgan fingerprint density at radius 1 is 1.18 bits per heavy atom. The number of carbonyl (C=O) groups is 3. The Kier molecular flexibility index (Phi) is 5.85. The van der Waals surface area contributed by atoms with E-state index in [2.05, 4.69) is 10.3 Å². The van der Waals surface area contributed by atoms with E-state index in [-0.39, 0.29) is 24.0 Å². The molecule has 4 aliphatic carbocycles. The van der Waals surface area contributed by atoms with Crippen molar-refractivity contribution in [2.75, 3.05) is 11.9 Å². The third kappa shape index (κ3) is 4.23. The molecule has 2 N–H and O–H groups in total. The molecule has 5 fully saturated rings. The zero-order valence-electron chi connectivity index (χ0n) is 18.7. The van der Waals surface area contributed by atoms with Crippen LogP contribution in [0.15, 0.2) is 18.3 Å². The summed E-state index contributed by atoms with van der Waals surface area (Å²) in [7, 11) is 0. The number of amides is 2. The molecule has 178 valence electrons. The van der Waals surface area contributed by atoms with Crippen LogP contribution in [-0.4, -0.2) is 57.6 Å². The fourth-order valence-electron chi connectivity index (χ4n) is 6.96. The number of anilines is 1. The number of likely N-dealkylation sites (tertiary alicyclic amines) is 1. The second kappa shape index (κ2) is 8.55. The van der Waals surface area contributed by atoms with Gasteiger partial charge in [-0.25, -0.2) is 9.78 Å². The highest BCUT2D eigenvalue weighted by molar-refractivity contribution is 6.32. The van der Waals surface area contributed by atoms with Gasteiger partial charge in [0.1, 0.15) is 6.04 Å². The van der Waals surface area contributed by atoms with E-state index in [0.29, 0.717) is 23.4 Å². The van der Waals surface area contributed by atoms with E-state index in [4.69, 9.17) is 16.3 Å². The monoisotopic (exact) mass is 475 g/mol. The molecule has 0 spiro atoms. The third-order valence-electron chi connectivity index (χ3n) is 7.98. The number of aliphatic hydroxyl groups excluding tert-OH is 1. The van der Waals surface area contributed by atoms with Crippen molar-refractivity contribution in [1.29, 1.82) is 0 Å². The van der Waals surface area contributed by atoms with Crippen LogP contribution in [0.1, 0.15) is 51.9 Å². The molecule has 2 unspecified atom stereocenters. The van der Waals surface area contributed by atoms with Crippen LogP contribution in [-0.2, 0) is 19.1 Å². The lowest BCUT2D eigenvalue weighted by molar-refractivity contribution is -0.168. The minimum atomic E-state index is -1.09. The molecule has 4 saturated carbocycles. The predicted octanol–water partition coefficient (Wildman–Crippen LogP) is 2.78. The molecule has 33 heavy (non-hydrogen) atoms. The summed E-state index contributed by atoms with van der Waals surface area (Å²) >= 11 is 5.98. The maximum absolute atomic E-state index is 13.8. The molecule has 1 aromatic rings. The Bertz CT molecular complexity index is 934. The molecule has 2 amide bonds. The number of nitrogens with one attached hydrogen (secondary N) is 1. The number of halogens is 1. The van der Waals surface area contributed by atoms with Crippen LogP contribution in [0.2, 0.25) is 5.15 Å². The highest BCUT2D eigenvalue weighted by Crippen LogP contribution is 2.60. The second-order valence-corrected chi connectivity index (χ2v) is 10.8. The van der Waals surface area contributed by atoms with Crippen molar-refractivity contribution in [3.63, 3.8) is 0 Å². The van der Waals surface area contributed by atoms with Crippen molar-refractivity contribution < 1.29 is 24.2 Å². The van der Waals surface area contributed by atoms with Gasteiger partial charge in [-0.05, 0) is 75.3 Å². The van der Waals surface area contributed by atoms with E-state index in [1.807, 2.05) is 0 Å². The van der Waals surface area contributed by atoms with Crippen LogP contribution >= 0.6 is 11.6 Å². The second-order valence-electron chi connectivity index (χ2n) is 10.5. The summed E-state index contributed by atoms with van der Waals surface area (Å²) in [6.07, 6.45) is 6.06. The van der Waals surface area contributed by atoms with Gasteiger partial charge >= 0.3 is 5.97 Å². The first-order valence-corrected chi connectivity index (χ1v) is 12.2. The van der Waals surface area contributed by atoms with E-state index >= 15 is 0 Å². The molecule has 2 heterocycles. The normalized spacial score (nSPS) is 35.4. The van der Waals surface area contributed by atoms with Gasteiger partial charge in [0, 0.05) is 19.2 Å². The van der Waals surface area contributed by atoms with Gasteiger partial charge in [-0.3, -0.25) is 9.59 Å². The lowest BCUT2D eigenvalue weighted by atomic mass is 9.49. The number of pyridine rings is 1. The van der Waals surface area contributed by atoms with Gasteiger partial charge in [0.05, 0.1) is 17.2 Å². The molecular weight excluding hydrogens is 446 g/mol. The fourth-order valence-corrected chi connectivity index (χ4v) is 7.13. The topological polar surface area (TPSA) is 109 Å². The molecule has 3 atom stereocenters. The Morgan fingerprint density at radius 2 is 1.82 bits per heavy atom. The number of carbonyl (C=O) groups excluding carboxylic acids is 3. The van der Waals surface area contributed by atoms with Crippen molar-refractivity contribution in [1.82, 2.24) is 9.88 Å². The number of nitrogens with zero attached hydrogens (tertiary/aromatic N) is 2. The summed E-state index contributed by atoms with van der Waals surface area (Å²) in [5.74, 6) is 0.572. The van der Waals surface area contributed by atoms with Crippen molar-refractivity contribution in [2.24, 2.45) is 23.2 Å². The molecule has 6 rings (SSSR count). The lowest BCUT2D eigenvalue weighted by Gasteiger charge is -2.56. The van der Waals surface area contributed by atoms with Crippen LogP contribution in [0.4, 0.5) is 5.69 Å². The molecule has 1 saturated heterocycles. The Hall–Kier alpha value is -2.19. The minimum Gasteiger partial charge on any atom is -0.451 e. The van der Waals surface area contributed by atoms with E-state index in [0.717, 1.165) is 19.3 Å². The molecular formula is C24H30ClN3O5. The summed E-state index contributed by atoms with van der Waals surface area (Å²) in [6.45, 7) is 1.60. The quantitative estimate of drug-likeness (QED) is 0.500. The van der Waals surface area contributed by atoms with E-state index < -0.39 is 35.5 Å². The first kappa shape index (κ1) is 22.6. The summed E-state index contributed by atoms with van der Waals surface area (Å²) in [5, 5.41) is 13.0. The average molecular weight is 476 g/mol. The third-order valence-corrected chi connectivity index (χ3v) is 8.28. The van der Waals surface area contributed by atoms with Gasteiger partial charge in [-0.15, -0.1) is 0 Å². The van der Waals surface area contributed by atoms with E-state index in [1.165, 1.54) is 37.3 Å². The summed E-state index contributed by atoms with van der Waals surface area (Å²) in [6, 6.07) is 2.35. The van der Waals surface area contributed by atoms with Crippen LogP contribution < -0.4 is 5.32 Å². The molecule has 9 heteroatoms. The molecule has 1 aliphatic heterocycles. The largest absolute Gasteiger partial charge is 0.451 e. The van der Waals surface area contributed by atoms with Crippen LogP contribution in [0.25, 0.3) is 0 Å². The summed E-state index contributed by atoms with van der Waals surface area (Å²) in [4.78, 5) is 44.7. The Morgan fingerprint density at radius 3 is 2.42 bits per heavy atom. The average Bonchev–Trinajstić information content (AvgIpc) is 3.15. The van der Waals surface area contributed by atoms with E-state index in [9.17, 15) is 19.5 Å². The summed E-state index contributed by atoms with van der Waals surface area (Å²) in [5.41, 5.74) is -0.0841. The lowest BCUT2D eigenvalue weighted by Crippen LogP contribution is -2.56. The molecule has 5 aliphatic rings. The maximum atomic E-state index is 13.8. The SMILES string of the molecule is CC(OC(=O)[C@@H]1CC(O)CN1C(=O)C12CC3CC(CC(C3)C1)C2)C(=O)Nc1cccnc1Cl. The molecule has 0 aromatic carbocycles. The van der Waals surface area contributed by atoms with Gasteiger partial charge in [0.2, 0.25) is 5.91 Å². The van der Waals surface area contributed by atoms with Gasteiger partial charge in [-0.2, -0.15) is 0 Å². The first-order valence-electron chi connectivity index (χ1n) is 11.8. The van der Waals surface area contributed by atoms with Gasteiger partial charge in [0.25, 0.3) is 5.91 Å². The molecule has 0 radical (unpaired) electrons. The zero-order chi connectivity index (χ0) is 23.3. The fraction of sp³-hybridized carbons (Fsp3) is 0.667. The number of hydrogen-bond donors (Lipinski definition) is 2. The van der Waals surface area contributed by atoms with Gasteiger partial charge in [-0.1, -0.05) is 11.6 Å². The van der Waals surface area contributed by atoms with Crippen molar-refractivity contribution >= 4 is 35.1 Å².